The van der Waals surface area contributed by atoms with Crippen LogP contribution in [0.4, 0.5) is 4.39 Å². The lowest BCUT2D eigenvalue weighted by Crippen LogP contribution is -2.08. The number of hydrogen-bond donors (Lipinski definition) is 2. The number of nitrogens with one attached hydrogen (secondary N) is 2. The molecule has 0 aliphatic rings. The molecule has 0 aliphatic carbocycles. The average Bonchev–Trinajstić information content (AvgIpc) is 3.31. The van der Waals surface area contributed by atoms with E-state index in [4.69, 9.17) is 17.0 Å². The lowest BCUT2D eigenvalue weighted by molar-refractivity contribution is 0.628. The van der Waals surface area contributed by atoms with Crippen LogP contribution in [0.3, 0.4) is 0 Å². The number of aromatic nitrogens is 2. The number of thiophene rings is 1. The van der Waals surface area contributed by atoms with Crippen LogP contribution in [0.1, 0.15) is 11.1 Å². The Balaban J connectivity index is 1.80. The molecule has 4 aromatic rings. The van der Waals surface area contributed by atoms with Crippen molar-refractivity contribution in [3.63, 3.8) is 0 Å². The van der Waals surface area contributed by atoms with Gasteiger partial charge in [0, 0.05) is 36.1 Å². The Labute approximate surface area is 170 Å². The van der Waals surface area contributed by atoms with Gasteiger partial charge in [0.1, 0.15) is 11.5 Å². The van der Waals surface area contributed by atoms with Gasteiger partial charge < -0.3 is 5.32 Å². The van der Waals surface area contributed by atoms with Crippen molar-refractivity contribution >= 4 is 39.9 Å². The zero-order valence-corrected chi connectivity index (χ0v) is 16.5. The second kappa shape index (κ2) is 7.58. The Hall–Kier alpha value is -2.96. The molecule has 0 bridgehead atoms. The first-order chi connectivity index (χ1) is 13.6. The molecule has 0 aliphatic heterocycles. The van der Waals surface area contributed by atoms with Gasteiger partial charge in [-0.15, -0.1) is 11.3 Å². The molecule has 0 radical (unpaired) electrons. The number of rotatable bonds is 5. The standard InChI is InChI=1S/C21H16ClFN4S/c1-25-10-16(21(24)13-2-5-15(23)6-3-13)14-4-9-20-26-11-17(27(20)12-14)18-7-8-19(22)28-18/h2-12,24-25H,1H3/b16-10-,24-21?. The smallest absolute Gasteiger partial charge is 0.137 e. The molecule has 4 rings (SSSR count). The molecule has 2 N–H and O–H groups in total. The van der Waals surface area contributed by atoms with E-state index in [1.165, 1.54) is 23.5 Å². The molecular weight excluding hydrogens is 395 g/mol. The zero-order valence-electron chi connectivity index (χ0n) is 14.9. The lowest BCUT2D eigenvalue weighted by atomic mass is 9.98. The van der Waals surface area contributed by atoms with Crippen LogP contribution in [0.2, 0.25) is 4.34 Å². The van der Waals surface area contributed by atoms with Crippen LogP contribution >= 0.6 is 22.9 Å². The van der Waals surface area contributed by atoms with E-state index in [1.54, 1.807) is 25.4 Å². The summed E-state index contributed by atoms with van der Waals surface area (Å²) < 4.78 is 16.0. The number of pyridine rings is 1. The molecule has 0 atom stereocenters. The maximum Gasteiger partial charge on any atom is 0.137 e. The predicted molar refractivity (Wildman–Crippen MR) is 114 cm³/mol. The summed E-state index contributed by atoms with van der Waals surface area (Å²) in [7, 11) is 1.78. The lowest BCUT2D eigenvalue weighted by Gasteiger charge is -2.11. The van der Waals surface area contributed by atoms with Gasteiger partial charge >= 0.3 is 0 Å². The van der Waals surface area contributed by atoms with E-state index in [-0.39, 0.29) is 5.82 Å². The van der Waals surface area contributed by atoms with E-state index in [9.17, 15) is 4.39 Å². The van der Waals surface area contributed by atoms with E-state index in [2.05, 4.69) is 10.3 Å². The van der Waals surface area contributed by atoms with Gasteiger partial charge in [-0.3, -0.25) is 9.81 Å². The van der Waals surface area contributed by atoms with Gasteiger partial charge in [-0.2, -0.15) is 0 Å². The minimum atomic E-state index is -0.324. The summed E-state index contributed by atoms with van der Waals surface area (Å²) >= 11 is 7.58. The van der Waals surface area contributed by atoms with Crippen molar-refractivity contribution < 1.29 is 4.39 Å². The van der Waals surface area contributed by atoms with Crippen molar-refractivity contribution in [2.24, 2.45) is 0 Å². The van der Waals surface area contributed by atoms with Gasteiger partial charge in [0.15, 0.2) is 0 Å². The van der Waals surface area contributed by atoms with Crippen molar-refractivity contribution in [3.05, 3.63) is 88.4 Å². The molecule has 1 aromatic carbocycles. The summed E-state index contributed by atoms with van der Waals surface area (Å²) in [6.45, 7) is 0. The topological polar surface area (TPSA) is 53.2 Å². The minimum absolute atomic E-state index is 0.300. The number of benzene rings is 1. The third-order valence-electron chi connectivity index (χ3n) is 4.33. The minimum Gasteiger partial charge on any atom is -0.393 e. The maximum atomic E-state index is 13.3. The Morgan fingerprint density at radius 1 is 1.14 bits per heavy atom. The molecule has 0 fully saturated rings. The number of nitrogens with zero attached hydrogens (tertiary/aromatic N) is 2. The fourth-order valence-corrected chi connectivity index (χ4v) is 4.04. The fourth-order valence-electron chi connectivity index (χ4n) is 2.99. The number of hydrogen-bond acceptors (Lipinski definition) is 4. The highest BCUT2D eigenvalue weighted by Crippen LogP contribution is 2.32. The van der Waals surface area contributed by atoms with E-state index < -0.39 is 0 Å². The second-order valence-electron chi connectivity index (χ2n) is 6.12. The van der Waals surface area contributed by atoms with E-state index >= 15 is 0 Å². The first-order valence-electron chi connectivity index (χ1n) is 8.52. The molecular formula is C21H16ClFN4S. The molecule has 140 valence electrons. The molecule has 28 heavy (non-hydrogen) atoms. The molecule has 4 nitrogen and oxygen atoms in total. The monoisotopic (exact) mass is 410 g/mol. The van der Waals surface area contributed by atoms with Crippen LogP contribution < -0.4 is 5.32 Å². The van der Waals surface area contributed by atoms with Crippen LogP contribution in [-0.2, 0) is 0 Å². The van der Waals surface area contributed by atoms with Crippen LogP contribution in [-0.4, -0.2) is 22.1 Å². The van der Waals surface area contributed by atoms with Crippen molar-refractivity contribution in [2.75, 3.05) is 7.05 Å². The third-order valence-corrected chi connectivity index (χ3v) is 5.59. The Kier molecular flexibility index (Phi) is 4.98. The number of halogens is 2. The largest absolute Gasteiger partial charge is 0.393 e. The molecule has 0 amide bonds. The van der Waals surface area contributed by atoms with E-state index in [0.29, 0.717) is 16.8 Å². The van der Waals surface area contributed by atoms with Gasteiger partial charge in [0.2, 0.25) is 0 Å². The third kappa shape index (κ3) is 3.44. The Bertz CT molecular complexity index is 1190. The SMILES string of the molecule is CN/C=C(\C(=N)c1ccc(F)cc1)c1ccc2ncc(-c3ccc(Cl)s3)n2c1. The summed E-state index contributed by atoms with van der Waals surface area (Å²) in [5.74, 6) is -0.324. The molecule has 0 spiro atoms. The second-order valence-corrected chi connectivity index (χ2v) is 7.84. The van der Waals surface area contributed by atoms with E-state index in [1.807, 2.05) is 41.1 Å². The molecule has 0 saturated carbocycles. The van der Waals surface area contributed by atoms with Crippen LogP contribution in [0.25, 0.3) is 21.8 Å². The van der Waals surface area contributed by atoms with Gasteiger partial charge in [0.25, 0.3) is 0 Å². The van der Waals surface area contributed by atoms with Gasteiger partial charge in [-0.05, 0) is 48.5 Å². The van der Waals surface area contributed by atoms with Crippen molar-refractivity contribution in [3.8, 4) is 10.6 Å². The molecule has 0 saturated heterocycles. The van der Waals surface area contributed by atoms with Crippen LogP contribution in [0, 0.1) is 11.2 Å². The van der Waals surface area contributed by atoms with Gasteiger partial charge in [-0.25, -0.2) is 9.37 Å². The first kappa shape index (κ1) is 18.4. The first-order valence-corrected chi connectivity index (χ1v) is 9.72. The van der Waals surface area contributed by atoms with Crippen LogP contribution in [0.5, 0.6) is 0 Å². The molecule has 7 heteroatoms. The van der Waals surface area contributed by atoms with Crippen molar-refractivity contribution in [1.82, 2.24) is 14.7 Å². The predicted octanol–water partition coefficient (Wildman–Crippen LogP) is 5.48. The summed E-state index contributed by atoms with van der Waals surface area (Å²) in [6, 6.07) is 13.6. The summed E-state index contributed by atoms with van der Waals surface area (Å²) in [4.78, 5) is 5.48. The highest BCUT2D eigenvalue weighted by atomic mass is 35.5. The Morgan fingerprint density at radius 3 is 2.57 bits per heavy atom. The van der Waals surface area contributed by atoms with Crippen molar-refractivity contribution in [2.45, 2.75) is 0 Å². The number of allylic oxidation sites excluding steroid dienone is 1. The highest BCUT2D eigenvalue weighted by Gasteiger charge is 2.14. The van der Waals surface area contributed by atoms with Crippen LogP contribution in [0.15, 0.2) is 67.1 Å². The Morgan fingerprint density at radius 2 is 1.89 bits per heavy atom. The molecule has 0 unspecified atom stereocenters. The van der Waals surface area contributed by atoms with Gasteiger partial charge in [-0.1, -0.05) is 11.6 Å². The summed E-state index contributed by atoms with van der Waals surface area (Å²) in [5, 5.41) is 11.6. The number of imidazole rings is 1. The summed E-state index contributed by atoms with van der Waals surface area (Å²) in [5.41, 5.74) is 4.22. The highest BCUT2D eigenvalue weighted by molar-refractivity contribution is 7.19. The maximum absolute atomic E-state index is 13.3. The summed E-state index contributed by atoms with van der Waals surface area (Å²) in [6.07, 6.45) is 5.53. The molecule has 3 aromatic heterocycles. The fraction of sp³-hybridized carbons (Fsp3) is 0.0476. The molecule has 3 heterocycles. The van der Waals surface area contributed by atoms with E-state index in [0.717, 1.165) is 26.1 Å². The van der Waals surface area contributed by atoms with Gasteiger partial charge in [0.05, 0.1) is 26.8 Å². The normalized spacial score (nSPS) is 11.8. The quantitative estimate of drug-likeness (QED) is 0.428. The zero-order chi connectivity index (χ0) is 19.7. The van der Waals surface area contributed by atoms with Crippen molar-refractivity contribution in [1.29, 1.82) is 5.41 Å². The number of fused-ring (bicyclic) bond motifs is 1. The average molecular weight is 411 g/mol.